The first kappa shape index (κ1) is 8.84. The largest absolute Gasteiger partial charge is 0.198 e. The van der Waals surface area contributed by atoms with E-state index in [2.05, 4.69) is 19.9 Å². The predicted octanol–water partition coefficient (Wildman–Crippen LogP) is 2.29. The van der Waals surface area contributed by atoms with Gasteiger partial charge in [-0.25, -0.2) is 0 Å². The van der Waals surface area contributed by atoms with E-state index in [0.29, 0.717) is 5.25 Å². The van der Waals surface area contributed by atoms with Crippen molar-refractivity contribution in [2.45, 2.75) is 26.0 Å². The van der Waals surface area contributed by atoms with E-state index in [0.717, 1.165) is 5.75 Å². The summed E-state index contributed by atoms with van der Waals surface area (Å²) in [5, 5.41) is 8.95. The van der Waals surface area contributed by atoms with Gasteiger partial charge in [0, 0.05) is 5.25 Å². The molecule has 0 N–H and O–H groups in total. The molecule has 52 valence electrons. The monoisotopic (exact) mass is 143 g/mol. The summed E-state index contributed by atoms with van der Waals surface area (Å²) >= 11 is 1.84. The Bertz CT molecular complexity index is 106. The van der Waals surface area contributed by atoms with Crippen molar-refractivity contribution in [2.24, 2.45) is 5.92 Å². The van der Waals surface area contributed by atoms with E-state index in [9.17, 15) is 0 Å². The summed E-state index contributed by atoms with van der Waals surface area (Å²) in [6.07, 6.45) is 0. The lowest BCUT2D eigenvalue weighted by Gasteiger charge is -2.10. The molecule has 0 radical (unpaired) electrons. The molecule has 0 amide bonds. The molecular weight excluding hydrogens is 130 g/mol. The smallest absolute Gasteiger partial charge is 0.0664 e. The van der Waals surface area contributed by atoms with Crippen molar-refractivity contribution in [1.29, 1.82) is 5.26 Å². The van der Waals surface area contributed by atoms with Crippen LogP contribution < -0.4 is 0 Å². The average Bonchev–Trinajstić information content (AvgIpc) is 1.87. The molecule has 1 nitrogen and oxygen atoms in total. The SMILES string of the molecule is CCSC(C)C(C)C#N. The van der Waals surface area contributed by atoms with Gasteiger partial charge in [-0.1, -0.05) is 13.8 Å². The Morgan fingerprint density at radius 2 is 2.11 bits per heavy atom. The molecule has 2 unspecified atom stereocenters. The van der Waals surface area contributed by atoms with Gasteiger partial charge >= 0.3 is 0 Å². The molecule has 0 saturated carbocycles. The third-order valence-electron chi connectivity index (χ3n) is 1.34. The van der Waals surface area contributed by atoms with Crippen LogP contribution >= 0.6 is 11.8 Å². The number of nitrogens with zero attached hydrogens (tertiary/aromatic N) is 1. The third-order valence-corrected chi connectivity index (χ3v) is 2.60. The van der Waals surface area contributed by atoms with Gasteiger partial charge in [0.25, 0.3) is 0 Å². The lowest BCUT2D eigenvalue weighted by Crippen LogP contribution is -2.07. The summed E-state index contributed by atoms with van der Waals surface area (Å²) in [6, 6.07) is 2.23. The molecule has 0 spiro atoms. The highest BCUT2D eigenvalue weighted by Gasteiger charge is 2.09. The van der Waals surface area contributed by atoms with E-state index in [-0.39, 0.29) is 5.92 Å². The summed E-state index contributed by atoms with van der Waals surface area (Å²) in [5.74, 6) is 1.29. The Kier molecular flexibility index (Phi) is 4.61. The molecule has 0 aromatic carbocycles. The number of nitriles is 1. The molecule has 0 aliphatic heterocycles. The van der Waals surface area contributed by atoms with Crippen LogP contribution in [-0.4, -0.2) is 11.0 Å². The molecule has 0 aromatic heterocycles. The maximum Gasteiger partial charge on any atom is 0.0664 e. The van der Waals surface area contributed by atoms with Gasteiger partial charge < -0.3 is 0 Å². The van der Waals surface area contributed by atoms with E-state index in [1.165, 1.54) is 0 Å². The van der Waals surface area contributed by atoms with Crippen LogP contribution in [0.1, 0.15) is 20.8 Å². The summed E-state index contributed by atoms with van der Waals surface area (Å²) in [5.41, 5.74) is 0. The highest BCUT2D eigenvalue weighted by molar-refractivity contribution is 7.99. The molecule has 2 atom stereocenters. The first-order valence-corrected chi connectivity index (χ1v) is 4.28. The predicted molar refractivity (Wildman–Crippen MR) is 42.4 cm³/mol. The van der Waals surface area contributed by atoms with Crippen molar-refractivity contribution < 1.29 is 0 Å². The molecule has 2 heteroatoms. The Morgan fingerprint density at radius 1 is 1.56 bits per heavy atom. The number of rotatable bonds is 3. The summed E-state index contributed by atoms with van der Waals surface area (Å²) in [7, 11) is 0. The van der Waals surface area contributed by atoms with E-state index >= 15 is 0 Å². The zero-order valence-corrected chi connectivity index (χ0v) is 7.03. The Morgan fingerprint density at radius 3 is 2.44 bits per heavy atom. The zero-order valence-electron chi connectivity index (χ0n) is 6.22. The number of hydrogen-bond donors (Lipinski definition) is 0. The Hall–Kier alpha value is -0.160. The molecule has 0 fully saturated rings. The van der Waals surface area contributed by atoms with Crippen molar-refractivity contribution in [3.05, 3.63) is 0 Å². The first-order valence-electron chi connectivity index (χ1n) is 3.23. The maximum atomic E-state index is 8.47. The molecular formula is C7H13NS. The number of hydrogen-bond acceptors (Lipinski definition) is 2. The molecule has 0 saturated heterocycles. The number of thioether (sulfide) groups is 1. The van der Waals surface area contributed by atoms with Crippen molar-refractivity contribution in [3.8, 4) is 6.07 Å². The first-order chi connectivity index (χ1) is 4.22. The van der Waals surface area contributed by atoms with Crippen LogP contribution in [0.3, 0.4) is 0 Å². The van der Waals surface area contributed by atoms with Crippen LogP contribution in [0.15, 0.2) is 0 Å². The Labute approximate surface area is 61.4 Å². The fraction of sp³-hybridized carbons (Fsp3) is 0.857. The molecule has 9 heavy (non-hydrogen) atoms. The van der Waals surface area contributed by atoms with Gasteiger partial charge in [-0.15, -0.1) is 0 Å². The second kappa shape index (κ2) is 4.69. The third kappa shape index (κ3) is 3.42. The highest BCUT2D eigenvalue weighted by atomic mass is 32.2. The second-order valence-corrected chi connectivity index (χ2v) is 3.73. The van der Waals surface area contributed by atoms with Gasteiger partial charge in [0.05, 0.1) is 12.0 Å². The van der Waals surface area contributed by atoms with Crippen molar-refractivity contribution in [1.82, 2.24) is 0 Å². The van der Waals surface area contributed by atoms with Crippen LogP contribution in [0.25, 0.3) is 0 Å². The summed E-state index contributed by atoms with van der Waals surface area (Å²) in [4.78, 5) is 0. The van der Waals surface area contributed by atoms with Gasteiger partial charge in [0.1, 0.15) is 0 Å². The average molecular weight is 143 g/mol. The summed E-state index contributed by atoms with van der Waals surface area (Å²) in [6.45, 7) is 6.18. The lowest BCUT2D eigenvalue weighted by molar-refractivity contribution is 0.731. The molecule has 0 aliphatic rings. The van der Waals surface area contributed by atoms with Gasteiger partial charge in [-0.2, -0.15) is 17.0 Å². The van der Waals surface area contributed by atoms with Crippen molar-refractivity contribution >= 4 is 11.8 Å². The molecule has 0 aliphatic carbocycles. The molecule has 0 heterocycles. The lowest BCUT2D eigenvalue weighted by atomic mass is 10.1. The minimum Gasteiger partial charge on any atom is -0.198 e. The van der Waals surface area contributed by atoms with E-state index in [1.807, 2.05) is 18.7 Å². The normalized spacial score (nSPS) is 16.2. The van der Waals surface area contributed by atoms with Gasteiger partial charge in [0.15, 0.2) is 0 Å². The second-order valence-electron chi connectivity index (χ2n) is 2.08. The van der Waals surface area contributed by atoms with Crippen LogP contribution in [0.5, 0.6) is 0 Å². The topological polar surface area (TPSA) is 23.8 Å². The maximum absolute atomic E-state index is 8.47. The van der Waals surface area contributed by atoms with Crippen molar-refractivity contribution in [3.63, 3.8) is 0 Å². The van der Waals surface area contributed by atoms with Gasteiger partial charge in [0.2, 0.25) is 0 Å². The van der Waals surface area contributed by atoms with Crippen LogP contribution in [0.4, 0.5) is 0 Å². The van der Waals surface area contributed by atoms with E-state index in [1.54, 1.807) is 0 Å². The fourth-order valence-electron chi connectivity index (χ4n) is 0.512. The molecule has 0 aromatic rings. The standard InChI is InChI=1S/C7H13NS/c1-4-9-7(3)6(2)5-8/h6-7H,4H2,1-3H3. The van der Waals surface area contributed by atoms with E-state index < -0.39 is 0 Å². The van der Waals surface area contributed by atoms with Gasteiger partial charge in [-0.05, 0) is 12.7 Å². The zero-order chi connectivity index (χ0) is 7.28. The van der Waals surface area contributed by atoms with Crippen molar-refractivity contribution in [2.75, 3.05) is 5.75 Å². The van der Waals surface area contributed by atoms with E-state index in [4.69, 9.17) is 5.26 Å². The van der Waals surface area contributed by atoms with Crippen LogP contribution in [-0.2, 0) is 0 Å². The summed E-state index contributed by atoms with van der Waals surface area (Å²) < 4.78 is 0. The minimum atomic E-state index is 0.190. The fourth-order valence-corrected chi connectivity index (χ4v) is 1.39. The van der Waals surface area contributed by atoms with Crippen LogP contribution in [0.2, 0.25) is 0 Å². The minimum absolute atomic E-state index is 0.190. The van der Waals surface area contributed by atoms with Crippen LogP contribution in [0, 0.1) is 17.2 Å². The highest BCUT2D eigenvalue weighted by Crippen LogP contribution is 2.17. The van der Waals surface area contributed by atoms with Gasteiger partial charge in [-0.3, -0.25) is 0 Å². The quantitative estimate of drug-likeness (QED) is 0.605. The molecule has 0 rings (SSSR count). The molecule has 0 bridgehead atoms. The Balaban J connectivity index is 3.48.